The summed E-state index contributed by atoms with van der Waals surface area (Å²) >= 11 is 0. The number of carbonyl (C=O) groups is 2. The Morgan fingerprint density at radius 3 is 2.42 bits per heavy atom. The Labute approximate surface area is 151 Å². The Balaban J connectivity index is 2.19. The van der Waals surface area contributed by atoms with Crippen molar-refractivity contribution in [3.63, 3.8) is 0 Å². The summed E-state index contributed by atoms with van der Waals surface area (Å²) in [6.07, 6.45) is -0.624. The lowest BCUT2D eigenvalue weighted by Crippen LogP contribution is -2.17. The van der Waals surface area contributed by atoms with Crippen LogP contribution in [0.15, 0.2) is 47.4 Å². The maximum absolute atomic E-state index is 12.4. The summed E-state index contributed by atoms with van der Waals surface area (Å²) in [5.41, 5.74) is 1.43. The zero-order valence-corrected chi connectivity index (χ0v) is 15.1. The number of nitrogens with two attached hydrogens (primary N) is 1. The van der Waals surface area contributed by atoms with Crippen molar-refractivity contribution in [2.24, 2.45) is 5.14 Å². The average molecular weight is 377 g/mol. The lowest BCUT2D eigenvalue weighted by atomic mass is 10.1. The number of carbonyl (C=O) groups excluding carboxylic acids is 2. The van der Waals surface area contributed by atoms with Gasteiger partial charge in [0.15, 0.2) is 0 Å². The van der Waals surface area contributed by atoms with Crippen LogP contribution >= 0.6 is 0 Å². The van der Waals surface area contributed by atoms with Gasteiger partial charge in [0.2, 0.25) is 10.0 Å². The number of rotatable bonds is 5. The fourth-order valence-electron chi connectivity index (χ4n) is 2.21. The van der Waals surface area contributed by atoms with Crippen LogP contribution in [0.4, 0.5) is 16.2 Å². The highest BCUT2D eigenvalue weighted by atomic mass is 32.2. The predicted molar refractivity (Wildman–Crippen MR) is 97.6 cm³/mol. The van der Waals surface area contributed by atoms with Crippen LogP contribution in [0.1, 0.15) is 22.8 Å². The molecule has 0 aliphatic rings. The molecule has 0 spiro atoms. The smallest absolute Gasteiger partial charge is 0.411 e. The molecule has 9 heteroatoms. The van der Waals surface area contributed by atoms with Gasteiger partial charge in [-0.15, -0.1) is 0 Å². The maximum Gasteiger partial charge on any atom is 0.411 e. The molecule has 0 saturated heterocycles. The van der Waals surface area contributed by atoms with Gasteiger partial charge >= 0.3 is 6.09 Å². The number of anilines is 2. The Morgan fingerprint density at radius 2 is 1.77 bits per heavy atom. The summed E-state index contributed by atoms with van der Waals surface area (Å²) in [5.74, 6) is -0.471. The van der Waals surface area contributed by atoms with Gasteiger partial charge in [0.05, 0.1) is 11.5 Å². The largest absolute Gasteiger partial charge is 0.450 e. The zero-order chi connectivity index (χ0) is 19.3. The molecule has 0 heterocycles. The van der Waals surface area contributed by atoms with E-state index in [1.165, 1.54) is 12.1 Å². The molecule has 8 nitrogen and oxygen atoms in total. The number of benzene rings is 2. The second kappa shape index (κ2) is 7.98. The van der Waals surface area contributed by atoms with Crippen LogP contribution in [0.2, 0.25) is 0 Å². The summed E-state index contributed by atoms with van der Waals surface area (Å²) in [4.78, 5) is 23.8. The minimum absolute atomic E-state index is 0.0620. The molecule has 2 aromatic carbocycles. The molecule has 0 fully saturated rings. The molecule has 2 rings (SSSR count). The van der Waals surface area contributed by atoms with E-state index in [-0.39, 0.29) is 22.8 Å². The number of primary sulfonamides is 1. The first kappa shape index (κ1) is 19.4. The maximum atomic E-state index is 12.4. The first-order chi connectivity index (χ1) is 12.2. The van der Waals surface area contributed by atoms with Crippen molar-refractivity contribution in [1.29, 1.82) is 0 Å². The van der Waals surface area contributed by atoms with Crippen molar-refractivity contribution in [1.82, 2.24) is 0 Å². The molecule has 0 aliphatic heterocycles. The van der Waals surface area contributed by atoms with E-state index in [1.807, 2.05) is 0 Å². The highest BCUT2D eigenvalue weighted by Crippen LogP contribution is 2.20. The van der Waals surface area contributed by atoms with Crippen molar-refractivity contribution in [2.75, 3.05) is 17.2 Å². The lowest BCUT2D eigenvalue weighted by Gasteiger charge is -2.10. The number of hydrogen-bond donors (Lipinski definition) is 3. The highest BCUT2D eigenvalue weighted by molar-refractivity contribution is 7.89. The van der Waals surface area contributed by atoms with Crippen molar-refractivity contribution in [3.05, 3.63) is 53.6 Å². The van der Waals surface area contributed by atoms with E-state index in [9.17, 15) is 18.0 Å². The normalized spacial score (nSPS) is 10.9. The van der Waals surface area contributed by atoms with Gasteiger partial charge in [-0.2, -0.15) is 0 Å². The lowest BCUT2D eigenvalue weighted by molar-refractivity contribution is 0.102. The third kappa shape index (κ3) is 5.04. The molecule has 0 aliphatic carbocycles. The van der Waals surface area contributed by atoms with E-state index >= 15 is 0 Å². The fraction of sp³-hybridized carbons (Fsp3) is 0.176. The molecular weight excluding hydrogens is 358 g/mol. The molecule has 2 amide bonds. The summed E-state index contributed by atoms with van der Waals surface area (Å²) in [6, 6.07) is 10.7. The SMILES string of the molecule is CCOC(=O)Nc1cccc(C(=O)Nc2ccc(C)c(S(N)(=O)=O)c2)c1. The van der Waals surface area contributed by atoms with Crippen LogP contribution in [-0.4, -0.2) is 27.0 Å². The quantitative estimate of drug-likeness (QED) is 0.737. The highest BCUT2D eigenvalue weighted by Gasteiger charge is 2.14. The molecule has 26 heavy (non-hydrogen) atoms. The van der Waals surface area contributed by atoms with Gasteiger partial charge in [-0.05, 0) is 49.7 Å². The monoisotopic (exact) mass is 377 g/mol. The molecule has 2 aromatic rings. The molecule has 0 radical (unpaired) electrons. The van der Waals surface area contributed by atoms with Crippen LogP contribution in [-0.2, 0) is 14.8 Å². The molecule has 138 valence electrons. The predicted octanol–water partition coefficient (Wildman–Crippen LogP) is 2.46. The van der Waals surface area contributed by atoms with Gasteiger partial charge in [-0.25, -0.2) is 18.4 Å². The number of aryl methyl sites for hydroxylation is 1. The van der Waals surface area contributed by atoms with Gasteiger partial charge in [-0.3, -0.25) is 10.1 Å². The van der Waals surface area contributed by atoms with Crippen LogP contribution < -0.4 is 15.8 Å². The third-order valence-corrected chi connectivity index (χ3v) is 4.45. The summed E-state index contributed by atoms with van der Waals surface area (Å²) in [6.45, 7) is 3.52. The van der Waals surface area contributed by atoms with E-state index in [1.54, 1.807) is 44.2 Å². The first-order valence-electron chi connectivity index (χ1n) is 7.69. The van der Waals surface area contributed by atoms with Gasteiger partial charge in [-0.1, -0.05) is 12.1 Å². The molecule has 0 saturated carbocycles. The molecule has 4 N–H and O–H groups in total. The molecule has 0 unspecified atom stereocenters. The Morgan fingerprint density at radius 1 is 1.08 bits per heavy atom. The Bertz CT molecular complexity index is 941. The standard InChI is InChI=1S/C17H19N3O5S/c1-3-25-17(22)20-13-6-4-5-12(9-13)16(21)19-14-8-7-11(2)15(10-14)26(18,23)24/h4-10H,3H2,1-2H3,(H,19,21)(H,20,22)(H2,18,23,24). The second-order valence-corrected chi connectivity index (χ2v) is 6.94. The van der Waals surface area contributed by atoms with Crippen LogP contribution in [0.3, 0.4) is 0 Å². The fourth-order valence-corrected chi connectivity index (χ4v) is 3.02. The van der Waals surface area contributed by atoms with E-state index in [2.05, 4.69) is 10.6 Å². The van der Waals surface area contributed by atoms with Gasteiger partial charge in [0.25, 0.3) is 5.91 Å². The molecular formula is C17H19N3O5S. The van der Waals surface area contributed by atoms with Gasteiger partial charge in [0.1, 0.15) is 0 Å². The van der Waals surface area contributed by atoms with Crippen LogP contribution in [0, 0.1) is 6.92 Å². The third-order valence-electron chi connectivity index (χ3n) is 3.40. The summed E-state index contributed by atoms with van der Waals surface area (Å²) < 4.78 is 27.9. The van der Waals surface area contributed by atoms with Crippen molar-refractivity contribution >= 4 is 33.4 Å². The number of sulfonamides is 1. The van der Waals surface area contributed by atoms with Crippen LogP contribution in [0.5, 0.6) is 0 Å². The zero-order valence-electron chi connectivity index (χ0n) is 14.3. The van der Waals surface area contributed by atoms with E-state index in [0.717, 1.165) is 0 Å². The van der Waals surface area contributed by atoms with Crippen LogP contribution in [0.25, 0.3) is 0 Å². The van der Waals surface area contributed by atoms with E-state index in [4.69, 9.17) is 9.88 Å². The van der Waals surface area contributed by atoms with E-state index in [0.29, 0.717) is 11.3 Å². The Hall–Kier alpha value is -2.91. The molecule has 0 aromatic heterocycles. The first-order valence-corrected chi connectivity index (χ1v) is 9.24. The number of ether oxygens (including phenoxy) is 1. The number of amides is 2. The number of hydrogen-bond acceptors (Lipinski definition) is 5. The second-order valence-electron chi connectivity index (χ2n) is 5.41. The van der Waals surface area contributed by atoms with Crippen molar-refractivity contribution in [2.45, 2.75) is 18.7 Å². The van der Waals surface area contributed by atoms with Crippen molar-refractivity contribution < 1.29 is 22.7 Å². The van der Waals surface area contributed by atoms with Gasteiger partial charge < -0.3 is 10.1 Å². The minimum Gasteiger partial charge on any atom is -0.450 e. The summed E-state index contributed by atoms with van der Waals surface area (Å²) in [5, 5.41) is 10.3. The minimum atomic E-state index is -3.89. The number of nitrogens with one attached hydrogen (secondary N) is 2. The average Bonchev–Trinajstić information content (AvgIpc) is 2.56. The van der Waals surface area contributed by atoms with E-state index < -0.39 is 22.0 Å². The summed E-state index contributed by atoms with van der Waals surface area (Å²) in [7, 11) is -3.89. The Kier molecular flexibility index (Phi) is 5.96. The molecule has 0 atom stereocenters. The topological polar surface area (TPSA) is 128 Å². The molecule has 0 bridgehead atoms. The van der Waals surface area contributed by atoms with Crippen molar-refractivity contribution in [3.8, 4) is 0 Å². The van der Waals surface area contributed by atoms with Gasteiger partial charge in [0, 0.05) is 16.9 Å².